The van der Waals surface area contributed by atoms with E-state index in [1.54, 1.807) is 11.3 Å². The Labute approximate surface area is 92.8 Å². The van der Waals surface area contributed by atoms with Crippen LogP contribution in [-0.4, -0.2) is 0 Å². The van der Waals surface area contributed by atoms with Crippen LogP contribution in [0.5, 0.6) is 0 Å². The molecule has 2 aromatic carbocycles. The van der Waals surface area contributed by atoms with E-state index in [9.17, 15) is 0 Å². The van der Waals surface area contributed by atoms with Crippen LogP contribution in [0.3, 0.4) is 0 Å². The summed E-state index contributed by atoms with van der Waals surface area (Å²) in [6, 6.07) is 18.9. The summed E-state index contributed by atoms with van der Waals surface area (Å²) in [6.07, 6.45) is 0. The Kier molecular flexibility index (Phi) is 2.04. The van der Waals surface area contributed by atoms with E-state index in [0.717, 1.165) is 0 Å². The molecular weight excluding hydrogens is 200 g/mol. The van der Waals surface area contributed by atoms with Gasteiger partial charge in [0.15, 0.2) is 0 Å². The first-order chi connectivity index (χ1) is 7.45. The maximum absolute atomic E-state index is 3.37. The zero-order valence-electron chi connectivity index (χ0n) is 8.10. The van der Waals surface area contributed by atoms with Crippen molar-refractivity contribution in [1.29, 1.82) is 0 Å². The lowest BCUT2D eigenvalue weighted by Gasteiger charge is -1.97. The largest absolute Gasteiger partial charge is 0.134 e. The van der Waals surface area contributed by atoms with Crippen molar-refractivity contribution in [3.63, 3.8) is 0 Å². The van der Waals surface area contributed by atoms with Gasteiger partial charge in [-0.3, -0.25) is 0 Å². The molecule has 1 heteroatoms. The summed E-state index contributed by atoms with van der Waals surface area (Å²) >= 11 is 1.68. The zero-order valence-corrected chi connectivity index (χ0v) is 8.92. The van der Waals surface area contributed by atoms with Crippen molar-refractivity contribution in [2.45, 2.75) is 0 Å². The molecule has 1 aromatic heterocycles. The molecule has 3 aromatic rings. The number of fused-ring (bicyclic) bond motifs is 1. The van der Waals surface area contributed by atoms with Crippen molar-refractivity contribution in [2.75, 3.05) is 0 Å². The first-order valence-electron chi connectivity index (χ1n) is 4.90. The molecule has 3 rings (SSSR count). The molecule has 0 aliphatic heterocycles. The highest BCUT2D eigenvalue weighted by molar-refractivity contribution is 7.17. The Balaban J connectivity index is 2.28. The second-order valence-electron chi connectivity index (χ2n) is 3.44. The minimum Gasteiger partial charge on any atom is -0.134 e. The molecule has 0 bridgehead atoms. The van der Waals surface area contributed by atoms with Crippen molar-refractivity contribution in [1.82, 2.24) is 0 Å². The van der Waals surface area contributed by atoms with Gasteiger partial charge < -0.3 is 0 Å². The molecular formula is C14H9S. The third kappa shape index (κ3) is 1.45. The van der Waals surface area contributed by atoms with Gasteiger partial charge in [-0.05, 0) is 11.6 Å². The summed E-state index contributed by atoms with van der Waals surface area (Å²) in [5.74, 6) is 0. The van der Waals surface area contributed by atoms with Crippen molar-refractivity contribution in [3.05, 3.63) is 60.0 Å². The van der Waals surface area contributed by atoms with E-state index in [0.29, 0.717) is 0 Å². The number of rotatable bonds is 1. The molecule has 0 saturated carbocycles. The molecule has 15 heavy (non-hydrogen) atoms. The van der Waals surface area contributed by atoms with Crippen LogP contribution in [0.2, 0.25) is 0 Å². The Bertz CT molecular complexity index is 578. The maximum atomic E-state index is 3.37. The van der Waals surface area contributed by atoms with E-state index in [1.807, 2.05) is 6.07 Å². The number of thiophene rings is 1. The van der Waals surface area contributed by atoms with Gasteiger partial charge in [-0.1, -0.05) is 48.5 Å². The summed E-state index contributed by atoms with van der Waals surface area (Å²) < 4.78 is 1.30. The van der Waals surface area contributed by atoms with Gasteiger partial charge >= 0.3 is 0 Å². The molecule has 0 saturated heterocycles. The molecule has 0 amide bonds. The van der Waals surface area contributed by atoms with Crippen LogP contribution in [0.4, 0.5) is 0 Å². The van der Waals surface area contributed by atoms with E-state index in [4.69, 9.17) is 0 Å². The average molecular weight is 209 g/mol. The molecule has 0 aliphatic carbocycles. The minimum absolute atomic E-state index is 1.22. The van der Waals surface area contributed by atoms with Gasteiger partial charge in [-0.15, -0.1) is 11.3 Å². The minimum atomic E-state index is 1.22. The highest BCUT2D eigenvalue weighted by Crippen LogP contribution is 2.32. The lowest BCUT2D eigenvalue weighted by atomic mass is 10.1. The Morgan fingerprint density at radius 1 is 0.800 bits per heavy atom. The van der Waals surface area contributed by atoms with Gasteiger partial charge in [0.2, 0.25) is 0 Å². The highest BCUT2D eigenvalue weighted by atomic mass is 32.1. The van der Waals surface area contributed by atoms with E-state index >= 15 is 0 Å². The van der Waals surface area contributed by atoms with E-state index < -0.39 is 0 Å². The lowest BCUT2D eigenvalue weighted by Crippen LogP contribution is -1.73. The quantitative estimate of drug-likeness (QED) is 0.558. The Hall–Kier alpha value is -1.60. The standard InChI is InChI=1S/C14H9S/c1-2-6-11(7-3-1)13-10-15-14-9-5-4-8-12(13)14/h1-9H. The predicted octanol–water partition coefficient (Wildman–Crippen LogP) is 4.37. The number of hydrogen-bond acceptors (Lipinski definition) is 1. The molecule has 0 unspecified atom stereocenters. The fraction of sp³-hybridized carbons (Fsp3) is 0. The molecule has 0 spiro atoms. The summed E-state index contributed by atoms with van der Waals surface area (Å²) in [6.45, 7) is 0. The zero-order chi connectivity index (χ0) is 10.1. The van der Waals surface area contributed by atoms with Gasteiger partial charge in [-0.2, -0.15) is 0 Å². The summed E-state index contributed by atoms with van der Waals surface area (Å²) in [4.78, 5) is 0. The third-order valence-electron chi connectivity index (χ3n) is 2.48. The van der Waals surface area contributed by atoms with Gasteiger partial charge in [0, 0.05) is 15.6 Å². The molecule has 0 N–H and O–H groups in total. The van der Waals surface area contributed by atoms with Crippen molar-refractivity contribution < 1.29 is 0 Å². The summed E-state index contributed by atoms with van der Waals surface area (Å²) in [5, 5.41) is 4.67. The average Bonchev–Trinajstić information content (AvgIpc) is 2.74. The molecule has 0 fully saturated rings. The number of hydrogen-bond donors (Lipinski definition) is 0. The third-order valence-corrected chi connectivity index (χ3v) is 3.36. The highest BCUT2D eigenvalue weighted by Gasteiger charge is 2.04. The second-order valence-corrected chi connectivity index (χ2v) is 4.29. The molecule has 0 nitrogen and oxygen atoms in total. The fourth-order valence-electron chi connectivity index (χ4n) is 1.74. The fourth-order valence-corrected chi connectivity index (χ4v) is 2.61. The molecule has 1 radical (unpaired) electrons. The maximum Gasteiger partial charge on any atom is 0.0540 e. The Morgan fingerprint density at radius 3 is 2.40 bits per heavy atom. The normalized spacial score (nSPS) is 10.7. The molecule has 71 valence electrons. The Morgan fingerprint density at radius 2 is 1.53 bits per heavy atom. The van der Waals surface area contributed by atoms with E-state index in [2.05, 4.69) is 53.9 Å². The van der Waals surface area contributed by atoms with Gasteiger partial charge in [0.05, 0.1) is 5.38 Å². The van der Waals surface area contributed by atoms with Crippen molar-refractivity contribution >= 4 is 21.4 Å². The van der Waals surface area contributed by atoms with Crippen LogP contribution < -0.4 is 0 Å². The molecule has 0 atom stereocenters. The SMILES string of the molecule is [c]1sc2ccccc2c1-c1ccccc1. The first-order valence-corrected chi connectivity index (χ1v) is 5.71. The van der Waals surface area contributed by atoms with Crippen LogP contribution in [0.15, 0.2) is 54.6 Å². The second kappa shape index (κ2) is 3.52. The van der Waals surface area contributed by atoms with E-state index in [-0.39, 0.29) is 0 Å². The van der Waals surface area contributed by atoms with Gasteiger partial charge in [0.25, 0.3) is 0 Å². The van der Waals surface area contributed by atoms with Crippen LogP contribution in [-0.2, 0) is 0 Å². The lowest BCUT2D eigenvalue weighted by molar-refractivity contribution is 1.68. The van der Waals surface area contributed by atoms with Crippen LogP contribution in [0.25, 0.3) is 21.2 Å². The van der Waals surface area contributed by atoms with Gasteiger partial charge in [0.1, 0.15) is 0 Å². The summed E-state index contributed by atoms with van der Waals surface area (Å²) in [7, 11) is 0. The van der Waals surface area contributed by atoms with Gasteiger partial charge in [-0.25, -0.2) is 0 Å². The monoisotopic (exact) mass is 209 g/mol. The topological polar surface area (TPSA) is 0 Å². The van der Waals surface area contributed by atoms with E-state index in [1.165, 1.54) is 21.2 Å². The number of benzene rings is 2. The smallest absolute Gasteiger partial charge is 0.0540 e. The van der Waals surface area contributed by atoms with Crippen LogP contribution >= 0.6 is 11.3 Å². The first kappa shape index (κ1) is 8.69. The van der Waals surface area contributed by atoms with Crippen LogP contribution in [0, 0.1) is 5.38 Å². The van der Waals surface area contributed by atoms with Crippen molar-refractivity contribution in [2.24, 2.45) is 0 Å². The summed E-state index contributed by atoms with van der Waals surface area (Å²) in [5.41, 5.74) is 2.46. The van der Waals surface area contributed by atoms with Crippen molar-refractivity contribution in [3.8, 4) is 11.1 Å². The molecule has 0 aliphatic rings. The van der Waals surface area contributed by atoms with Crippen LogP contribution in [0.1, 0.15) is 0 Å². The molecule has 1 heterocycles. The predicted molar refractivity (Wildman–Crippen MR) is 66.1 cm³/mol.